The highest BCUT2D eigenvalue weighted by Crippen LogP contribution is 2.30. The largest absolute Gasteiger partial charge is 0.465 e. The summed E-state index contributed by atoms with van der Waals surface area (Å²) in [4.78, 5) is 41.4. The molecule has 2 fully saturated rings. The standard InChI is InChI=1S/C23H27N5O4/c1-32-23(31)16-10-14(11-17(12-16)26-21(29)15-6-8-24-9-7-15)13-25-22(30)20-18-4-2-3-5-19(18)27-28-20/h6-12,18-20,27-28H,2-5,13H2,1H3,(H,25,30)(H,26,29). The van der Waals surface area contributed by atoms with Crippen molar-refractivity contribution >= 4 is 23.5 Å². The summed E-state index contributed by atoms with van der Waals surface area (Å²) in [6.07, 6.45) is 7.47. The van der Waals surface area contributed by atoms with E-state index in [0.29, 0.717) is 22.9 Å². The van der Waals surface area contributed by atoms with Crippen molar-refractivity contribution in [2.45, 2.75) is 44.3 Å². The summed E-state index contributed by atoms with van der Waals surface area (Å²) in [5.74, 6) is -0.656. The number of amides is 2. The zero-order valence-electron chi connectivity index (χ0n) is 17.9. The fourth-order valence-corrected chi connectivity index (χ4v) is 4.41. The van der Waals surface area contributed by atoms with E-state index in [9.17, 15) is 14.4 Å². The second-order valence-corrected chi connectivity index (χ2v) is 8.14. The Bertz CT molecular complexity index is 997. The fourth-order valence-electron chi connectivity index (χ4n) is 4.41. The molecular weight excluding hydrogens is 410 g/mol. The number of esters is 1. The zero-order valence-corrected chi connectivity index (χ0v) is 17.9. The molecule has 1 aromatic heterocycles. The number of methoxy groups -OCH3 is 1. The lowest BCUT2D eigenvalue weighted by Crippen LogP contribution is -2.45. The lowest BCUT2D eigenvalue weighted by Gasteiger charge is -2.26. The minimum atomic E-state index is -0.524. The maximum atomic E-state index is 12.8. The zero-order chi connectivity index (χ0) is 22.5. The number of aromatic nitrogens is 1. The van der Waals surface area contributed by atoms with Gasteiger partial charge in [-0.2, -0.15) is 0 Å². The van der Waals surface area contributed by atoms with E-state index < -0.39 is 5.97 Å². The van der Waals surface area contributed by atoms with Gasteiger partial charge >= 0.3 is 5.97 Å². The molecule has 2 aromatic rings. The molecular formula is C23H27N5O4. The van der Waals surface area contributed by atoms with Gasteiger partial charge in [-0.3, -0.25) is 20.0 Å². The number of anilines is 1. The second-order valence-electron chi connectivity index (χ2n) is 8.14. The number of carbonyl (C=O) groups excluding carboxylic acids is 3. The number of hydrogen-bond donors (Lipinski definition) is 4. The van der Waals surface area contributed by atoms with Gasteiger partial charge < -0.3 is 15.4 Å². The fraction of sp³-hybridized carbons (Fsp3) is 0.391. The van der Waals surface area contributed by atoms with Crippen LogP contribution in [0.25, 0.3) is 0 Å². The normalized spacial score (nSPS) is 22.0. The van der Waals surface area contributed by atoms with Crippen molar-refractivity contribution < 1.29 is 19.1 Å². The van der Waals surface area contributed by atoms with Crippen LogP contribution < -0.4 is 21.5 Å². The summed E-state index contributed by atoms with van der Waals surface area (Å²) < 4.78 is 4.84. The van der Waals surface area contributed by atoms with Crippen molar-refractivity contribution in [2.24, 2.45) is 5.92 Å². The van der Waals surface area contributed by atoms with Crippen LogP contribution >= 0.6 is 0 Å². The van der Waals surface area contributed by atoms with Crippen LogP contribution in [0.15, 0.2) is 42.7 Å². The molecule has 2 aliphatic rings. The Morgan fingerprint density at radius 2 is 1.84 bits per heavy atom. The Morgan fingerprint density at radius 1 is 1.06 bits per heavy atom. The smallest absolute Gasteiger partial charge is 0.337 e. The number of hydrazine groups is 1. The van der Waals surface area contributed by atoms with Gasteiger partial charge in [-0.15, -0.1) is 0 Å². The maximum Gasteiger partial charge on any atom is 0.337 e. The Balaban J connectivity index is 1.46. The molecule has 2 amide bonds. The third-order valence-electron chi connectivity index (χ3n) is 6.04. The van der Waals surface area contributed by atoms with Crippen molar-refractivity contribution in [2.75, 3.05) is 12.4 Å². The van der Waals surface area contributed by atoms with Crippen LogP contribution in [-0.2, 0) is 16.1 Å². The van der Waals surface area contributed by atoms with Crippen LogP contribution in [0.5, 0.6) is 0 Å². The Hall–Kier alpha value is -3.30. The average molecular weight is 438 g/mol. The molecule has 3 atom stereocenters. The van der Waals surface area contributed by atoms with Crippen molar-refractivity contribution in [3.8, 4) is 0 Å². The Morgan fingerprint density at radius 3 is 2.62 bits per heavy atom. The molecule has 168 valence electrons. The van der Waals surface area contributed by atoms with Gasteiger partial charge in [0.05, 0.1) is 12.7 Å². The van der Waals surface area contributed by atoms with E-state index in [1.807, 2.05) is 0 Å². The van der Waals surface area contributed by atoms with Gasteiger partial charge in [0, 0.05) is 42.1 Å². The molecule has 1 aliphatic carbocycles. The third-order valence-corrected chi connectivity index (χ3v) is 6.04. The van der Waals surface area contributed by atoms with Gasteiger partial charge in [-0.1, -0.05) is 12.8 Å². The summed E-state index contributed by atoms with van der Waals surface area (Å²) in [6, 6.07) is 8.18. The van der Waals surface area contributed by atoms with Crippen molar-refractivity contribution in [3.05, 3.63) is 59.4 Å². The van der Waals surface area contributed by atoms with E-state index >= 15 is 0 Å². The van der Waals surface area contributed by atoms with Gasteiger partial charge in [0.1, 0.15) is 6.04 Å². The number of benzene rings is 1. The maximum absolute atomic E-state index is 12.8. The van der Waals surface area contributed by atoms with Crippen LogP contribution in [0, 0.1) is 5.92 Å². The quantitative estimate of drug-likeness (QED) is 0.508. The van der Waals surface area contributed by atoms with Crippen LogP contribution in [-0.4, -0.2) is 42.0 Å². The van der Waals surface area contributed by atoms with E-state index in [4.69, 9.17) is 4.74 Å². The number of hydrogen-bond acceptors (Lipinski definition) is 7. The molecule has 9 nitrogen and oxygen atoms in total. The first-order valence-electron chi connectivity index (χ1n) is 10.8. The minimum Gasteiger partial charge on any atom is -0.465 e. The first kappa shape index (κ1) is 21.9. The summed E-state index contributed by atoms with van der Waals surface area (Å²) in [7, 11) is 1.30. The molecule has 1 saturated heterocycles. The first-order valence-corrected chi connectivity index (χ1v) is 10.8. The molecule has 32 heavy (non-hydrogen) atoms. The lowest BCUT2D eigenvalue weighted by atomic mass is 9.81. The predicted molar refractivity (Wildman–Crippen MR) is 118 cm³/mol. The van der Waals surface area contributed by atoms with E-state index in [0.717, 1.165) is 19.3 Å². The highest BCUT2D eigenvalue weighted by atomic mass is 16.5. The topological polar surface area (TPSA) is 121 Å². The van der Waals surface area contributed by atoms with E-state index in [-0.39, 0.29) is 35.9 Å². The highest BCUT2D eigenvalue weighted by molar-refractivity contribution is 6.04. The van der Waals surface area contributed by atoms with Crippen molar-refractivity contribution in [3.63, 3.8) is 0 Å². The number of fused-ring (bicyclic) bond motifs is 1. The van der Waals surface area contributed by atoms with Crippen LogP contribution in [0.2, 0.25) is 0 Å². The SMILES string of the molecule is COC(=O)c1cc(CNC(=O)C2NNC3CCCCC32)cc(NC(=O)c2ccncc2)c1. The van der Waals surface area contributed by atoms with E-state index in [2.05, 4.69) is 26.5 Å². The van der Waals surface area contributed by atoms with E-state index in [1.165, 1.54) is 25.9 Å². The summed E-state index contributed by atoms with van der Waals surface area (Å²) >= 11 is 0. The first-order chi connectivity index (χ1) is 15.5. The number of ether oxygens (including phenoxy) is 1. The summed E-state index contributed by atoms with van der Waals surface area (Å²) in [6.45, 7) is 0.220. The Labute approximate surface area is 186 Å². The van der Waals surface area contributed by atoms with Gasteiger partial charge in [0.25, 0.3) is 5.91 Å². The van der Waals surface area contributed by atoms with Crippen molar-refractivity contribution in [1.29, 1.82) is 0 Å². The molecule has 1 aliphatic heterocycles. The Kier molecular flexibility index (Phi) is 6.77. The molecule has 3 unspecified atom stereocenters. The predicted octanol–water partition coefficient (Wildman–Crippen LogP) is 1.77. The molecule has 4 rings (SSSR count). The van der Waals surface area contributed by atoms with Crippen molar-refractivity contribution in [1.82, 2.24) is 21.2 Å². The molecule has 1 saturated carbocycles. The summed E-state index contributed by atoms with van der Waals surface area (Å²) in [5.41, 5.74) is 8.22. The van der Waals surface area contributed by atoms with E-state index in [1.54, 1.807) is 30.3 Å². The van der Waals surface area contributed by atoms with Gasteiger partial charge in [0.15, 0.2) is 0 Å². The lowest BCUT2D eigenvalue weighted by molar-refractivity contribution is -0.124. The number of pyridine rings is 1. The van der Waals surface area contributed by atoms with Gasteiger partial charge in [0.2, 0.25) is 5.91 Å². The highest BCUT2D eigenvalue weighted by Gasteiger charge is 2.40. The average Bonchev–Trinajstić information content (AvgIpc) is 3.26. The third kappa shape index (κ3) is 4.95. The molecule has 0 spiro atoms. The monoisotopic (exact) mass is 437 g/mol. The molecule has 0 radical (unpaired) electrons. The number of carbonyl (C=O) groups is 3. The van der Waals surface area contributed by atoms with Gasteiger partial charge in [-0.05, 0) is 48.7 Å². The van der Waals surface area contributed by atoms with Gasteiger partial charge in [-0.25, -0.2) is 10.2 Å². The molecule has 2 heterocycles. The second kappa shape index (κ2) is 9.88. The van der Waals surface area contributed by atoms with Crippen LogP contribution in [0.3, 0.4) is 0 Å². The molecule has 9 heteroatoms. The number of rotatable bonds is 6. The molecule has 0 bridgehead atoms. The number of nitrogens with one attached hydrogen (secondary N) is 4. The van der Waals surface area contributed by atoms with Crippen LogP contribution in [0.1, 0.15) is 52.0 Å². The number of nitrogens with zero attached hydrogens (tertiary/aromatic N) is 1. The molecule has 1 aromatic carbocycles. The van der Waals surface area contributed by atoms with Crippen LogP contribution in [0.4, 0.5) is 5.69 Å². The summed E-state index contributed by atoms with van der Waals surface area (Å²) in [5, 5.41) is 5.74. The molecule has 4 N–H and O–H groups in total. The minimum absolute atomic E-state index is 0.0854.